The largest absolute Gasteiger partial charge is 0.348 e. The number of nitrogens with one attached hydrogen (secondary N) is 1. The van der Waals surface area contributed by atoms with Gasteiger partial charge in [-0.05, 0) is 23.8 Å². The van der Waals surface area contributed by atoms with Gasteiger partial charge < -0.3 is 5.32 Å². The maximum Gasteiger partial charge on any atom is 0.305 e. The van der Waals surface area contributed by atoms with E-state index in [0.29, 0.717) is 17.7 Å². The molecule has 0 atom stereocenters. The highest BCUT2D eigenvalue weighted by molar-refractivity contribution is 5.95. The van der Waals surface area contributed by atoms with Gasteiger partial charge in [0.15, 0.2) is 0 Å². The summed E-state index contributed by atoms with van der Waals surface area (Å²) in [6.07, 6.45) is 2.99. The molecule has 0 spiro atoms. The summed E-state index contributed by atoms with van der Waals surface area (Å²) in [6.45, 7) is 0.0168. The van der Waals surface area contributed by atoms with Gasteiger partial charge in [0.2, 0.25) is 5.82 Å². The van der Waals surface area contributed by atoms with E-state index in [1.807, 2.05) is 0 Å². The minimum Gasteiger partial charge on any atom is -0.348 e. The number of nitro groups is 1. The molecule has 0 fully saturated rings. The number of carbonyl (C=O) groups is 1. The van der Waals surface area contributed by atoms with Crippen LogP contribution in [0.2, 0.25) is 0 Å². The van der Waals surface area contributed by atoms with Crippen molar-refractivity contribution in [1.29, 1.82) is 0 Å². The average molecular weight is 293 g/mol. The van der Waals surface area contributed by atoms with Crippen LogP contribution in [0.3, 0.4) is 0 Å². The first-order valence-corrected chi connectivity index (χ1v) is 5.80. The van der Waals surface area contributed by atoms with E-state index in [4.69, 9.17) is 0 Å². The van der Waals surface area contributed by atoms with Gasteiger partial charge in [-0.2, -0.15) is 4.39 Å². The van der Waals surface area contributed by atoms with Crippen molar-refractivity contribution in [3.05, 3.63) is 69.5 Å². The van der Waals surface area contributed by atoms with Crippen LogP contribution < -0.4 is 5.32 Å². The van der Waals surface area contributed by atoms with Crippen molar-refractivity contribution < 1.29 is 18.5 Å². The van der Waals surface area contributed by atoms with Crippen LogP contribution in [-0.2, 0) is 6.54 Å². The molecular formula is C13H9F2N3O3. The molecule has 1 aromatic heterocycles. The fourth-order valence-electron chi connectivity index (χ4n) is 1.66. The van der Waals surface area contributed by atoms with E-state index in [1.165, 1.54) is 12.4 Å². The highest BCUT2D eigenvalue weighted by Crippen LogP contribution is 2.23. The molecule has 0 radical (unpaired) electrons. The Balaban J connectivity index is 2.23. The Bertz CT molecular complexity index is 693. The van der Waals surface area contributed by atoms with Crippen molar-refractivity contribution in [2.24, 2.45) is 0 Å². The molecule has 2 rings (SSSR count). The quantitative estimate of drug-likeness (QED) is 0.691. The fourth-order valence-corrected chi connectivity index (χ4v) is 1.66. The predicted octanol–water partition coefficient (Wildman–Crippen LogP) is 2.20. The van der Waals surface area contributed by atoms with Gasteiger partial charge in [-0.25, -0.2) is 4.39 Å². The van der Waals surface area contributed by atoms with E-state index >= 15 is 0 Å². The normalized spacial score (nSPS) is 10.2. The van der Waals surface area contributed by atoms with Crippen LogP contribution in [0.1, 0.15) is 15.9 Å². The summed E-state index contributed by atoms with van der Waals surface area (Å²) in [5.74, 6) is -3.72. The third kappa shape index (κ3) is 3.16. The number of pyridine rings is 1. The molecule has 0 bridgehead atoms. The van der Waals surface area contributed by atoms with E-state index in [9.17, 15) is 23.7 Å². The Morgan fingerprint density at radius 3 is 2.52 bits per heavy atom. The number of hydrogen-bond donors (Lipinski definition) is 1. The first kappa shape index (κ1) is 14.5. The van der Waals surface area contributed by atoms with Gasteiger partial charge in [-0.15, -0.1) is 0 Å². The Morgan fingerprint density at radius 1 is 1.24 bits per heavy atom. The van der Waals surface area contributed by atoms with E-state index in [2.05, 4.69) is 10.3 Å². The van der Waals surface area contributed by atoms with Gasteiger partial charge in [0.25, 0.3) is 5.91 Å². The summed E-state index contributed by atoms with van der Waals surface area (Å²) in [7, 11) is 0. The number of hydrogen-bond acceptors (Lipinski definition) is 4. The molecule has 108 valence electrons. The molecule has 2 aromatic rings. The molecule has 8 heteroatoms. The smallest absolute Gasteiger partial charge is 0.305 e. The number of rotatable bonds is 4. The zero-order chi connectivity index (χ0) is 15.4. The number of carbonyl (C=O) groups excluding carboxylic acids is 1. The van der Waals surface area contributed by atoms with E-state index in [0.717, 1.165) is 0 Å². The predicted molar refractivity (Wildman–Crippen MR) is 68.4 cm³/mol. The molecule has 0 saturated heterocycles. The summed E-state index contributed by atoms with van der Waals surface area (Å²) in [5.41, 5.74) is -1.26. The van der Waals surface area contributed by atoms with Gasteiger partial charge in [-0.1, -0.05) is 0 Å². The van der Waals surface area contributed by atoms with Crippen LogP contribution >= 0.6 is 0 Å². The highest BCUT2D eigenvalue weighted by Gasteiger charge is 2.25. The third-order valence-corrected chi connectivity index (χ3v) is 2.70. The monoisotopic (exact) mass is 293 g/mol. The number of nitro benzene ring substituents is 1. The standard InChI is InChI=1S/C13H9F2N3O3/c14-9-1-2-10(18(20)21)12(15)11(9)13(19)17-7-8-3-5-16-6-4-8/h1-6H,7H2,(H,17,19). The number of amides is 1. The summed E-state index contributed by atoms with van der Waals surface area (Å²) >= 11 is 0. The first-order chi connectivity index (χ1) is 10.0. The van der Waals surface area contributed by atoms with Gasteiger partial charge >= 0.3 is 5.69 Å². The Kier molecular flexibility index (Phi) is 4.17. The Morgan fingerprint density at radius 2 is 1.90 bits per heavy atom. The first-order valence-electron chi connectivity index (χ1n) is 5.80. The summed E-state index contributed by atoms with van der Waals surface area (Å²) < 4.78 is 27.3. The second-order valence-electron chi connectivity index (χ2n) is 4.05. The van der Waals surface area contributed by atoms with Crippen molar-refractivity contribution in [2.45, 2.75) is 6.54 Å². The van der Waals surface area contributed by atoms with Crippen LogP contribution in [0.5, 0.6) is 0 Å². The molecule has 1 N–H and O–H groups in total. The van der Waals surface area contributed by atoms with Crippen molar-refractivity contribution in [1.82, 2.24) is 10.3 Å². The topological polar surface area (TPSA) is 85.1 Å². The number of benzene rings is 1. The van der Waals surface area contributed by atoms with Crippen molar-refractivity contribution in [3.8, 4) is 0 Å². The lowest BCUT2D eigenvalue weighted by molar-refractivity contribution is -0.387. The lowest BCUT2D eigenvalue weighted by Gasteiger charge is -2.07. The molecule has 1 aromatic carbocycles. The van der Waals surface area contributed by atoms with Crippen molar-refractivity contribution >= 4 is 11.6 Å². The molecule has 21 heavy (non-hydrogen) atoms. The maximum atomic E-state index is 13.8. The minimum atomic E-state index is -1.49. The lowest BCUT2D eigenvalue weighted by atomic mass is 10.1. The van der Waals surface area contributed by atoms with Gasteiger partial charge in [0.1, 0.15) is 11.4 Å². The molecule has 1 heterocycles. The van der Waals surface area contributed by atoms with Crippen LogP contribution in [0, 0.1) is 21.7 Å². The molecule has 0 unspecified atom stereocenters. The summed E-state index contributed by atoms with van der Waals surface area (Å²) in [4.78, 5) is 25.2. The number of halogens is 2. The molecular weight excluding hydrogens is 284 g/mol. The average Bonchev–Trinajstić information content (AvgIpc) is 2.46. The molecule has 0 aliphatic heterocycles. The second-order valence-corrected chi connectivity index (χ2v) is 4.05. The molecule has 1 amide bonds. The van der Waals surface area contributed by atoms with Gasteiger partial charge in [-0.3, -0.25) is 19.9 Å². The van der Waals surface area contributed by atoms with Crippen LogP contribution in [0.25, 0.3) is 0 Å². The maximum absolute atomic E-state index is 13.8. The van der Waals surface area contributed by atoms with Crippen LogP contribution in [0.4, 0.5) is 14.5 Å². The fraction of sp³-hybridized carbons (Fsp3) is 0.0769. The zero-order valence-corrected chi connectivity index (χ0v) is 10.5. The third-order valence-electron chi connectivity index (χ3n) is 2.70. The lowest BCUT2D eigenvalue weighted by Crippen LogP contribution is -2.25. The van der Waals surface area contributed by atoms with Crippen molar-refractivity contribution in [2.75, 3.05) is 0 Å². The molecule has 6 nitrogen and oxygen atoms in total. The second kappa shape index (κ2) is 6.04. The Hall–Kier alpha value is -2.90. The SMILES string of the molecule is O=C(NCc1ccncc1)c1c(F)ccc([N+](=O)[O-])c1F. The zero-order valence-electron chi connectivity index (χ0n) is 10.5. The number of aromatic nitrogens is 1. The van der Waals surface area contributed by atoms with Crippen LogP contribution in [-0.4, -0.2) is 15.8 Å². The minimum absolute atomic E-state index is 0.0168. The number of nitrogens with zero attached hydrogens (tertiary/aromatic N) is 2. The van der Waals surface area contributed by atoms with E-state index in [-0.39, 0.29) is 6.54 Å². The molecule has 0 aliphatic carbocycles. The van der Waals surface area contributed by atoms with Gasteiger partial charge in [0, 0.05) is 25.0 Å². The van der Waals surface area contributed by atoms with Crippen molar-refractivity contribution in [3.63, 3.8) is 0 Å². The summed E-state index contributed by atoms with van der Waals surface area (Å²) in [5, 5.41) is 12.9. The van der Waals surface area contributed by atoms with Crippen LogP contribution in [0.15, 0.2) is 36.7 Å². The van der Waals surface area contributed by atoms with E-state index < -0.39 is 33.7 Å². The van der Waals surface area contributed by atoms with E-state index in [1.54, 1.807) is 12.1 Å². The Labute approximate surface area is 117 Å². The van der Waals surface area contributed by atoms with Gasteiger partial charge in [0.05, 0.1) is 4.92 Å². The molecule has 0 aliphatic rings. The highest BCUT2D eigenvalue weighted by atomic mass is 19.1. The summed E-state index contributed by atoms with van der Waals surface area (Å²) in [6, 6.07) is 4.58. The molecule has 0 saturated carbocycles.